The summed E-state index contributed by atoms with van der Waals surface area (Å²) in [6.07, 6.45) is 26.5. The van der Waals surface area contributed by atoms with Crippen LogP contribution in [0.4, 0.5) is 0 Å². The molecular formula is C28H52O4. The van der Waals surface area contributed by atoms with Crippen LogP contribution in [0, 0.1) is 0 Å². The van der Waals surface area contributed by atoms with Gasteiger partial charge in [-0.05, 0) is 44.9 Å². The Balaban J connectivity index is 3.75. The highest BCUT2D eigenvalue weighted by Gasteiger charge is 2.17. The molecule has 1 N–H and O–H groups in total. The Bertz CT molecular complexity index is 458. The molecule has 0 radical (unpaired) electrons. The molecule has 0 spiro atoms. The van der Waals surface area contributed by atoms with Gasteiger partial charge < -0.3 is 9.84 Å². The third-order valence-electron chi connectivity index (χ3n) is 5.97. The maximum atomic E-state index is 12.1. The minimum atomic E-state index is -0.887. The number of ether oxygens (including phenoxy) is 1. The maximum Gasteiger partial charge on any atom is 0.307 e. The van der Waals surface area contributed by atoms with Gasteiger partial charge >= 0.3 is 11.9 Å². The minimum absolute atomic E-state index is 0.0752. The number of carbonyl (C=O) groups is 2. The van der Waals surface area contributed by atoms with Crippen molar-refractivity contribution in [3.05, 3.63) is 12.2 Å². The second kappa shape index (κ2) is 24.3. The number of hydrogen-bond acceptors (Lipinski definition) is 3. The Morgan fingerprint density at radius 2 is 1.16 bits per heavy atom. The number of allylic oxidation sites excluding steroid dienone is 2. The molecule has 0 bridgehead atoms. The fourth-order valence-corrected chi connectivity index (χ4v) is 3.96. The van der Waals surface area contributed by atoms with Crippen molar-refractivity contribution in [1.29, 1.82) is 0 Å². The van der Waals surface area contributed by atoms with Crippen LogP contribution in [-0.4, -0.2) is 23.1 Å². The van der Waals surface area contributed by atoms with E-state index in [1.807, 2.05) is 0 Å². The molecule has 1 unspecified atom stereocenters. The standard InChI is InChI=1S/C28H52O4/c1-3-5-7-9-11-13-14-15-16-18-20-22-24-28(31)32-26(25-27(29)30)23-21-19-17-12-10-8-6-4-2/h11,13,26H,3-10,12,14-25H2,1-2H3,(H,29,30)/b13-11-. The molecule has 0 aliphatic heterocycles. The van der Waals surface area contributed by atoms with Gasteiger partial charge in [-0.3, -0.25) is 9.59 Å². The number of rotatable bonds is 24. The highest BCUT2D eigenvalue weighted by molar-refractivity contribution is 5.71. The molecular weight excluding hydrogens is 400 g/mol. The Kier molecular flexibility index (Phi) is 23.3. The van der Waals surface area contributed by atoms with E-state index in [-0.39, 0.29) is 12.4 Å². The predicted octanol–water partition coefficient (Wildman–Crippen LogP) is 8.77. The Labute approximate surface area is 198 Å². The molecule has 0 saturated heterocycles. The summed E-state index contributed by atoms with van der Waals surface area (Å²) in [4.78, 5) is 23.2. The lowest BCUT2D eigenvalue weighted by Crippen LogP contribution is -2.21. The van der Waals surface area contributed by atoms with Gasteiger partial charge in [-0.1, -0.05) is 103 Å². The summed E-state index contributed by atoms with van der Waals surface area (Å²) < 4.78 is 5.49. The van der Waals surface area contributed by atoms with Crippen LogP contribution >= 0.6 is 0 Å². The molecule has 4 nitrogen and oxygen atoms in total. The van der Waals surface area contributed by atoms with E-state index in [1.165, 1.54) is 77.0 Å². The van der Waals surface area contributed by atoms with Crippen LogP contribution in [0.5, 0.6) is 0 Å². The van der Waals surface area contributed by atoms with Gasteiger partial charge in [0.15, 0.2) is 0 Å². The van der Waals surface area contributed by atoms with E-state index >= 15 is 0 Å². The monoisotopic (exact) mass is 452 g/mol. The van der Waals surface area contributed by atoms with Crippen molar-refractivity contribution in [3.63, 3.8) is 0 Å². The predicted molar refractivity (Wildman–Crippen MR) is 135 cm³/mol. The summed E-state index contributed by atoms with van der Waals surface area (Å²) in [5.41, 5.74) is 0. The van der Waals surface area contributed by atoms with Crippen molar-refractivity contribution < 1.29 is 19.4 Å². The van der Waals surface area contributed by atoms with Gasteiger partial charge in [-0.2, -0.15) is 0 Å². The number of hydrogen-bond donors (Lipinski definition) is 1. The summed E-state index contributed by atoms with van der Waals surface area (Å²) >= 11 is 0. The highest BCUT2D eigenvalue weighted by Crippen LogP contribution is 2.15. The largest absolute Gasteiger partial charge is 0.481 e. The molecule has 0 aliphatic carbocycles. The average molecular weight is 453 g/mol. The normalized spacial score (nSPS) is 12.3. The zero-order valence-corrected chi connectivity index (χ0v) is 21.3. The van der Waals surface area contributed by atoms with Gasteiger partial charge in [0.25, 0.3) is 0 Å². The van der Waals surface area contributed by atoms with E-state index < -0.39 is 12.1 Å². The van der Waals surface area contributed by atoms with E-state index in [0.29, 0.717) is 12.8 Å². The maximum absolute atomic E-state index is 12.1. The second-order valence-corrected chi connectivity index (χ2v) is 9.25. The van der Waals surface area contributed by atoms with Crippen molar-refractivity contribution in [1.82, 2.24) is 0 Å². The molecule has 0 aromatic heterocycles. The van der Waals surface area contributed by atoms with Gasteiger partial charge in [0.05, 0.1) is 6.42 Å². The van der Waals surface area contributed by atoms with Crippen LogP contribution in [0.1, 0.15) is 149 Å². The number of carboxylic acids is 1. The van der Waals surface area contributed by atoms with Gasteiger partial charge in [0.1, 0.15) is 6.10 Å². The van der Waals surface area contributed by atoms with Crippen molar-refractivity contribution >= 4 is 11.9 Å². The average Bonchev–Trinajstić information content (AvgIpc) is 2.75. The smallest absolute Gasteiger partial charge is 0.307 e. The number of esters is 1. The van der Waals surface area contributed by atoms with Gasteiger partial charge in [0.2, 0.25) is 0 Å². The number of carbonyl (C=O) groups excluding carboxylic acids is 1. The van der Waals surface area contributed by atoms with Crippen molar-refractivity contribution in [2.75, 3.05) is 0 Å². The summed E-state index contributed by atoms with van der Waals surface area (Å²) in [5.74, 6) is -1.12. The Morgan fingerprint density at radius 1 is 0.688 bits per heavy atom. The third-order valence-corrected chi connectivity index (χ3v) is 5.97. The van der Waals surface area contributed by atoms with Gasteiger partial charge in [-0.15, -0.1) is 0 Å². The van der Waals surface area contributed by atoms with Crippen LogP contribution in [0.15, 0.2) is 12.2 Å². The van der Waals surface area contributed by atoms with Crippen molar-refractivity contribution in [2.24, 2.45) is 0 Å². The van der Waals surface area contributed by atoms with Crippen LogP contribution in [-0.2, 0) is 14.3 Å². The molecule has 0 aromatic rings. The lowest BCUT2D eigenvalue weighted by atomic mass is 10.0. The molecule has 0 rings (SSSR count). The Morgan fingerprint density at radius 3 is 1.75 bits per heavy atom. The third kappa shape index (κ3) is 23.3. The number of carboxylic acid groups (broad SMARTS) is 1. The second-order valence-electron chi connectivity index (χ2n) is 9.25. The zero-order chi connectivity index (χ0) is 23.7. The molecule has 0 amide bonds. The van der Waals surface area contributed by atoms with E-state index in [4.69, 9.17) is 9.84 Å². The molecule has 0 fully saturated rings. The zero-order valence-electron chi connectivity index (χ0n) is 21.3. The fourth-order valence-electron chi connectivity index (χ4n) is 3.96. The SMILES string of the molecule is CCCCC/C=C\CCCCCCCC(=O)OC(CCCCCCCCCC)CC(=O)O. The molecule has 188 valence electrons. The number of aliphatic carboxylic acids is 1. The van der Waals surface area contributed by atoms with Crippen LogP contribution < -0.4 is 0 Å². The topological polar surface area (TPSA) is 63.6 Å². The molecule has 32 heavy (non-hydrogen) atoms. The highest BCUT2D eigenvalue weighted by atomic mass is 16.5. The van der Waals surface area contributed by atoms with Crippen molar-refractivity contribution in [2.45, 2.75) is 155 Å². The first-order valence-corrected chi connectivity index (χ1v) is 13.7. The molecule has 0 heterocycles. The quantitative estimate of drug-likeness (QED) is 0.0902. The fraction of sp³-hybridized carbons (Fsp3) is 0.857. The molecule has 0 aliphatic rings. The first-order chi connectivity index (χ1) is 15.6. The van der Waals surface area contributed by atoms with Crippen LogP contribution in [0.25, 0.3) is 0 Å². The van der Waals surface area contributed by atoms with Crippen molar-refractivity contribution in [3.8, 4) is 0 Å². The van der Waals surface area contributed by atoms with E-state index in [9.17, 15) is 9.59 Å². The minimum Gasteiger partial charge on any atom is -0.481 e. The van der Waals surface area contributed by atoms with Crippen LogP contribution in [0.2, 0.25) is 0 Å². The number of unbranched alkanes of at least 4 members (excludes halogenated alkanes) is 15. The summed E-state index contributed by atoms with van der Waals surface area (Å²) in [7, 11) is 0. The molecule has 0 aromatic carbocycles. The lowest BCUT2D eigenvalue weighted by Gasteiger charge is -2.16. The molecule has 4 heteroatoms. The summed E-state index contributed by atoms with van der Waals surface area (Å²) in [6, 6.07) is 0. The first-order valence-electron chi connectivity index (χ1n) is 13.7. The van der Waals surface area contributed by atoms with Crippen LogP contribution in [0.3, 0.4) is 0 Å². The first kappa shape index (κ1) is 30.7. The Hall–Kier alpha value is -1.32. The lowest BCUT2D eigenvalue weighted by molar-refractivity contribution is -0.153. The summed E-state index contributed by atoms with van der Waals surface area (Å²) in [5, 5.41) is 9.11. The molecule has 0 saturated carbocycles. The van der Waals surface area contributed by atoms with Gasteiger partial charge in [0, 0.05) is 6.42 Å². The van der Waals surface area contributed by atoms with E-state index in [0.717, 1.165) is 38.5 Å². The molecule has 1 atom stereocenters. The van der Waals surface area contributed by atoms with E-state index in [2.05, 4.69) is 26.0 Å². The van der Waals surface area contributed by atoms with Gasteiger partial charge in [-0.25, -0.2) is 0 Å². The summed E-state index contributed by atoms with van der Waals surface area (Å²) in [6.45, 7) is 4.45. The van der Waals surface area contributed by atoms with E-state index in [1.54, 1.807) is 0 Å².